The molecule has 1 aromatic heterocycles. The van der Waals surface area contributed by atoms with Crippen molar-refractivity contribution in [2.45, 2.75) is 50.2 Å². The van der Waals surface area contributed by atoms with Gasteiger partial charge in [-0.25, -0.2) is 4.79 Å². The molecule has 2 atom stereocenters. The number of rotatable bonds is 4. The predicted molar refractivity (Wildman–Crippen MR) is 76.8 cm³/mol. The third kappa shape index (κ3) is 3.10. The number of nitrogens with two attached hydrogens (primary N) is 1. The summed E-state index contributed by atoms with van der Waals surface area (Å²) in [6.45, 7) is 1.93. The fraction of sp³-hybridized carbons (Fsp3) is 0.600. The van der Waals surface area contributed by atoms with Gasteiger partial charge in [-0.15, -0.1) is 0 Å². The smallest absolute Gasteiger partial charge is 0.405 e. The number of amides is 1. The van der Waals surface area contributed by atoms with E-state index in [2.05, 4.69) is 4.98 Å². The Balaban J connectivity index is 2.35. The van der Waals surface area contributed by atoms with Gasteiger partial charge in [-0.1, -0.05) is 6.92 Å². The normalized spacial score (nSPS) is 28.9. The number of carbonyl (C=O) groups is 1. The number of nitrogens with zero attached hydrogens (tertiary/aromatic N) is 1. The molecule has 0 saturated heterocycles. The number of methoxy groups -OCH3 is 1. The number of hydrogen-bond acceptors (Lipinski definition) is 5. The van der Waals surface area contributed by atoms with Gasteiger partial charge >= 0.3 is 6.09 Å². The maximum atomic E-state index is 11.2. The number of aromatic nitrogens is 1. The minimum Gasteiger partial charge on any atom is -0.495 e. The number of primary amides is 1. The van der Waals surface area contributed by atoms with E-state index < -0.39 is 17.3 Å². The molecule has 3 N–H and O–H groups in total. The lowest BCUT2D eigenvalue weighted by atomic mass is 9.71. The van der Waals surface area contributed by atoms with Crippen LogP contribution in [0.15, 0.2) is 18.5 Å². The molecule has 2 unspecified atom stereocenters. The van der Waals surface area contributed by atoms with Crippen molar-refractivity contribution >= 4 is 6.09 Å². The summed E-state index contributed by atoms with van der Waals surface area (Å²) in [6, 6.07) is 1.74. The first-order valence-corrected chi connectivity index (χ1v) is 7.14. The van der Waals surface area contributed by atoms with E-state index in [0.717, 1.165) is 6.42 Å². The minimum absolute atomic E-state index is 0.305. The second-order valence-electron chi connectivity index (χ2n) is 5.60. The average Bonchev–Trinajstić information content (AvgIpc) is 2.46. The zero-order valence-electron chi connectivity index (χ0n) is 12.5. The summed E-state index contributed by atoms with van der Waals surface area (Å²) in [5.74, 6) is 0.533. The van der Waals surface area contributed by atoms with Crippen LogP contribution in [0.2, 0.25) is 0 Å². The van der Waals surface area contributed by atoms with Crippen LogP contribution in [-0.4, -0.2) is 28.9 Å². The standard InChI is InChI=1S/C15H22N2O4/c1-3-14(21-13(16)18)6-4-7-15(19,10-14)11-5-8-17-9-12(11)20-2/h5,8-9,19H,3-4,6-7,10H2,1-2H3,(H2,16,18). The summed E-state index contributed by atoms with van der Waals surface area (Å²) in [7, 11) is 1.54. The van der Waals surface area contributed by atoms with Gasteiger partial charge in [0.05, 0.1) is 18.9 Å². The Morgan fingerprint density at radius 1 is 1.52 bits per heavy atom. The molecule has 0 radical (unpaired) electrons. The third-order valence-electron chi connectivity index (χ3n) is 4.30. The number of pyridine rings is 1. The molecule has 0 bridgehead atoms. The maximum absolute atomic E-state index is 11.2. The summed E-state index contributed by atoms with van der Waals surface area (Å²) in [4.78, 5) is 15.2. The molecule has 0 aliphatic heterocycles. The molecule has 6 nitrogen and oxygen atoms in total. The van der Waals surface area contributed by atoms with Crippen LogP contribution in [0.5, 0.6) is 5.75 Å². The van der Waals surface area contributed by atoms with Crippen molar-refractivity contribution in [3.05, 3.63) is 24.0 Å². The number of hydrogen-bond donors (Lipinski definition) is 2. The SMILES string of the molecule is CCC1(OC(N)=O)CCCC(O)(c2ccncc2OC)C1. The van der Waals surface area contributed by atoms with Crippen molar-refractivity contribution in [2.75, 3.05) is 7.11 Å². The Hall–Kier alpha value is -1.82. The Morgan fingerprint density at radius 2 is 2.29 bits per heavy atom. The van der Waals surface area contributed by atoms with Crippen LogP contribution in [0, 0.1) is 0 Å². The number of ether oxygens (including phenoxy) is 2. The zero-order valence-corrected chi connectivity index (χ0v) is 12.5. The van der Waals surface area contributed by atoms with E-state index in [1.54, 1.807) is 25.6 Å². The van der Waals surface area contributed by atoms with Gasteiger partial charge in [0, 0.05) is 18.2 Å². The molecule has 2 rings (SSSR count). The lowest BCUT2D eigenvalue weighted by Crippen LogP contribution is -2.47. The quantitative estimate of drug-likeness (QED) is 0.886. The monoisotopic (exact) mass is 294 g/mol. The summed E-state index contributed by atoms with van der Waals surface area (Å²) in [6.07, 6.45) is 5.31. The molecule has 1 saturated carbocycles. The molecule has 1 heterocycles. The topological polar surface area (TPSA) is 94.7 Å². The Bertz CT molecular complexity index is 522. The lowest BCUT2D eigenvalue weighted by Gasteiger charge is -2.44. The van der Waals surface area contributed by atoms with Crippen LogP contribution in [-0.2, 0) is 10.3 Å². The first-order chi connectivity index (χ1) is 9.95. The van der Waals surface area contributed by atoms with Crippen molar-refractivity contribution in [3.63, 3.8) is 0 Å². The van der Waals surface area contributed by atoms with Crippen molar-refractivity contribution in [1.29, 1.82) is 0 Å². The van der Waals surface area contributed by atoms with Crippen LogP contribution in [0.1, 0.15) is 44.6 Å². The molecule has 21 heavy (non-hydrogen) atoms. The Kier molecular flexibility index (Phi) is 4.37. The van der Waals surface area contributed by atoms with Crippen LogP contribution in [0.25, 0.3) is 0 Å². The number of carbonyl (C=O) groups excluding carboxylic acids is 1. The van der Waals surface area contributed by atoms with E-state index in [-0.39, 0.29) is 0 Å². The molecule has 1 aliphatic carbocycles. The van der Waals surface area contributed by atoms with Crippen LogP contribution < -0.4 is 10.5 Å². The number of aliphatic hydroxyl groups is 1. The van der Waals surface area contributed by atoms with Crippen LogP contribution in [0.3, 0.4) is 0 Å². The molecule has 6 heteroatoms. The van der Waals surface area contributed by atoms with E-state index in [0.29, 0.717) is 37.0 Å². The molecule has 1 aliphatic rings. The first kappa shape index (κ1) is 15.6. The Morgan fingerprint density at radius 3 is 2.90 bits per heavy atom. The van der Waals surface area contributed by atoms with Crippen LogP contribution >= 0.6 is 0 Å². The van der Waals surface area contributed by atoms with Crippen molar-refractivity contribution < 1.29 is 19.4 Å². The lowest BCUT2D eigenvalue weighted by molar-refractivity contribution is -0.109. The van der Waals surface area contributed by atoms with Crippen LogP contribution in [0.4, 0.5) is 4.79 Å². The summed E-state index contributed by atoms with van der Waals surface area (Å²) in [5, 5.41) is 11.1. The largest absolute Gasteiger partial charge is 0.495 e. The second-order valence-corrected chi connectivity index (χ2v) is 5.60. The van der Waals surface area contributed by atoms with E-state index in [1.165, 1.54) is 0 Å². The highest BCUT2D eigenvalue weighted by atomic mass is 16.6. The summed E-state index contributed by atoms with van der Waals surface area (Å²) < 4.78 is 10.6. The molecular formula is C15H22N2O4. The highest BCUT2D eigenvalue weighted by Gasteiger charge is 2.47. The molecule has 0 spiro atoms. The molecule has 1 aromatic rings. The van der Waals surface area contributed by atoms with Gasteiger partial charge in [0.25, 0.3) is 0 Å². The van der Waals surface area contributed by atoms with Gasteiger partial charge < -0.3 is 20.3 Å². The third-order valence-corrected chi connectivity index (χ3v) is 4.30. The first-order valence-electron chi connectivity index (χ1n) is 7.14. The van der Waals surface area contributed by atoms with Gasteiger partial charge in [0.1, 0.15) is 11.4 Å². The average molecular weight is 294 g/mol. The fourth-order valence-corrected chi connectivity index (χ4v) is 3.24. The molecule has 116 valence electrons. The highest BCUT2D eigenvalue weighted by molar-refractivity contribution is 5.65. The molecule has 0 aromatic carbocycles. The second kappa shape index (κ2) is 5.89. The van der Waals surface area contributed by atoms with E-state index in [1.807, 2.05) is 6.92 Å². The predicted octanol–water partition coefficient (Wildman–Crippen LogP) is 2.10. The van der Waals surface area contributed by atoms with Crippen molar-refractivity contribution in [3.8, 4) is 5.75 Å². The van der Waals surface area contributed by atoms with Crippen molar-refractivity contribution in [1.82, 2.24) is 4.98 Å². The zero-order chi connectivity index (χ0) is 15.5. The van der Waals surface area contributed by atoms with Gasteiger partial charge in [-0.05, 0) is 31.7 Å². The summed E-state index contributed by atoms with van der Waals surface area (Å²) in [5.41, 5.74) is 4.02. The van der Waals surface area contributed by atoms with Gasteiger partial charge in [-0.3, -0.25) is 4.98 Å². The van der Waals surface area contributed by atoms with E-state index >= 15 is 0 Å². The molecule has 1 fully saturated rings. The Labute approximate surface area is 124 Å². The molecule has 1 amide bonds. The van der Waals surface area contributed by atoms with Crippen molar-refractivity contribution in [2.24, 2.45) is 5.73 Å². The molecular weight excluding hydrogens is 272 g/mol. The van der Waals surface area contributed by atoms with Gasteiger partial charge in [0.15, 0.2) is 0 Å². The van der Waals surface area contributed by atoms with Gasteiger partial charge in [-0.2, -0.15) is 0 Å². The fourth-order valence-electron chi connectivity index (χ4n) is 3.24. The minimum atomic E-state index is -1.11. The highest BCUT2D eigenvalue weighted by Crippen LogP contribution is 2.47. The maximum Gasteiger partial charge on any atom is 0.405 e. The van der Waals surface area contributed by atoms with E-state index in [4.69, 9.17) is 15.2 Å². The van der Waals surface area contributed by atoms with Gasteiger partial charge in [0.2, 0.25) is 0 Å². The van der Waals surface area contributed by atoms with E-state index in [9.17, 15) is 9.90 Å². The summed E-state index contributed by atoms with van der Waals surface area (Å²) >= 11 is 0.